The summed E-state index contributed by atoms with van der Waals surface area (Å²) in [5.41, 5.74) is 8.68. The van der Waals surface area contributed by atoms with E-state index >= 15 is 0 Å². The van der Waals surface area contributed by atoms with Crippen LogP contribution >= 0.6 is 0 Å². The number of benzene rings is 1. The molecule has 0 unspecified atom stereocenters. The Morgan fingerprint density at radius 2 is 2.18 bits per heavy atom. The molecule has 3 heteroatoms. The molecule has 0 amide bonds. The molecule has 1 atom stereocenters. The highest BCUT2D eigenvalue weighted by Gasteiger charge is 2.21. The lowest BCUT2D eigenvalue weighted by atomic mass is 10.1. The highest BCUT2D eigenvalue weighted by atomic mass is 15.0. The summed E-state index contributed by atoms with van der Waals surface area (Å²) in [4.78, 5) is 3.29. The van der Waals surface area contributed by atoms with Crippen LogP contribution in [0.2, 0.25) is 0 Å². The Hall–Kier alpha value is -1.32. The molecule has 1 aliphatic rings. The van der Waals surface area contributed by atoms with E-state index < -0.39 is 0 Å². The fourth-order valence-electron chi connectivity index (χ4n) is 2.26. The second-order valence-corrected chi connectivity index (χ2v) is 5.01. The van der Waals surface area contributed by atoms with Gasteiger partial charge in [0.05, 0.1) is 0 Å². The first-order chi connectivity index (χ1) is 8.33. The van der Waals surface area contributed by atoms with Gasteiger partial charge in [0.25, 0.3) is 0 Å². The van der Waals surface area contributed by atoms with Gasteiger partial charge in [0.2, 0.25) is 0 Å². The van der Waals surface area contributed by atoms with E-state index in [2.05, 4.69) is 40.8 Å². The zero-order chi connectivity index (χ0) is 11.7. The third-order valence-corrected chi connectivity index (χ3v) is 3.40. The minimum atomic E-state index is 0.204. The van der Waals surface area contributed by atoms with Crippen LogP contribution in [0.1, 0.15) is 18.4 Å². The summed E-state index contributed by atoms with van der Waals surface area (Å²) in [5.74, 6) is 0. The lowest BCUT2D eigenvalue weighted by Gasteiger charge is -2.11. The number of hydrogen-bond acceptors (Lipinski definition) is 2. The molecule has 0 bridgehead atoms. The van der Waals surface area contributed by atoms with Gasteiger partial charge >= 0.3 is 0 Å². The van der Waals surface area contributed by atoms with E-state index in [9.17, 15) is 0 Å². The van der Waals surface area contributed by atoms with Crippen LogP contribution in [0.4, 0.5) is 0 Å². The van der Waals surface area contributed by atoms with Gasteiger partial charge in [0, 0.05) is 35.7 Å². The molecule has 0 aliphatic heterocycles. The standard InChI is InChI=1S/C14H19N3/c15-11(9-16-12-5-6-12)7-10-8-17-14-4-2-1-3-13(10)14/h1-4,8,11-12,16-17H,5-7,9,15H2/t11-/m1/s1. The number of H-pyrrole nitrogens is 1. The minimum Gasteiger partial charge on any atom is -0.361 e. The second-order valence-electron chi connectivity index (χ2n) is 5.01. The van der Waals surface area contributed by atoms with Gasteiger partial charge in [0.1, 0.15) is 0 Å². The van der Waals surface area contributed by atoms with Gasteiger partial charge in [0.15, 0.2) is 0 Å². The normalized spacial score (nSPS) is 17.5. The second kappa shape index (κ2) is 4.51. The highest BCUT2D eigenvalue weighted by Crippen LogP contribution is 2.20. The molecule has 3 rings (SSSR count). The number of aromatic amines is 1. The van der Waals surface area contributed by atoms with E-state index in [1.54, 1.807) is 0 Å². The topological polar surface area (TPSA) is 53.8 Å². The van der Waals surface area contributed by atoms with Crippen LogP contribution in [-0.2, 0) is 6.42 Å². The van der Waals surface area contributed by atoms with Gasteiger partial charge in [-0.1, -0.05) is 18.2 Å². The SMILES string of the molecule is N[C@@H](CNC1CC1)Cc1c[nH]c2ccccc12. The maximum atomic E-state index is 6.16. The van der Waals surface area contributed by atoms with Crippen molar-refractivity contribution in [3.8, 4) is 0 Å². The molecule has 2 aromatic rings. The van der Waals surface area contributed by atoms with E-state index in [0.717, 1.165) is 19.0 Å². The monoisotopic (exact) mass is 229 g/mol. The predicted molar refractivity (Wildman–Crippen MR) is 71.0 cm³/mol. The van der Waals surface area contributed by atoms with Crippen molar-refractivity contribution in [1.29, 1.82) is 0 Å². The van der Waals surface area contributed by atoms with Gasteiger partial charge in [-0.05, 0) is 30.9 Å². The van der Waals surface area contributed by atoms with Gasteiger partial charge < -0.3 is 16.0 Å². The zero-order valence-corrected chi connectivity index (χ0v) is 9.95. The minimum absolute atomic E-state index is 0.204. The van der Waals surface area contributed by atoms with Crippen molar-refractivity contribution in [3.05, 3.63) is 36.0 Å². The van der Waals surface area contributed by atoms with Crippen LogP contribution in [0.15, 0.2) is 30.5 Å². The molecule has 1 aliphatic carbocycles. The number of aromatic nitrogens is 1. The third kappa shape index (κ3) is 2.51. The van der Waals surface area contributed by atoms with E-state index in [0.29, 0.717) is 0 Å². The van der Waals surface area contributed by atoms with Gasteiger partial charge in [-0.15, -0.1) is 0 Å². The van der Waals surface area contributed by atoms with Crippen molar-refractivity contribution < 1.29 is 0 Å². The van der Waals surface area contributed by atoms with Crippen LogP contribution in [0.25, 0.3) is 10.9 Å². The molecular formula is C14H19N3. The van der Waals surface area contributed by atoms with Crippen molar-refractivity contribution in [2.75, 3.05) is 6.54 Å². The van der Waals surface area contributed by atoms with E-state index in [1.807, 2.05) is 0 Å². The molecular weight excluding hydrogens is 210 g/mol. The van der Waals surface area contributed by atoms with Crippen LogP contribution < -0.4 is 11.1 Å². The fourth-order valence-corrected chi connectivity index (χ4v) is 2.26. The van der Waals surface area contributed by atoms with E-state index in [-0.39, 0.29) is 6.04 Å². The number of para-hydroxylation sites is 1. The van der Waals surface area contributed by atoms with E-state index in [4.69, 9.17) is 5.73 Å². The highest BCUT2D eigenvalue weighted by molar-refractivity contribution is 5.83. The summed E-state index contributed by atoms with van der Waals surface area (Å²) in [6.07, 6.45) is 5.66. The Kier molecular flexibility index (Phi) is 2.87. The summed E-state index contributed by atoms with van der Waals surface area (Å²) >= 11 is 0. The first-order valence-electron chi connectivity index (χ1n) is 6.37. The van der Waals surface area contributed by atoms with Gasteiger partial charge in [-0.2, -0.15) is 0 Å². The first kappa shape index (κ1) is 10.8. The smallest absolute Gasteiger partial charge is 0.0456 e. The molecule has 0 radical (unpaired) electrons. The Bertz CT molecular complexity index is 499. The molecule has 90 valence electrons. The molecule has 1 saturated carbocycles. The lowest BCUT2D eigenvalue weighted by Crippen LogP contribution is -2.36. The van der Waals surface area contributed by atoms with Crippen LogP contribution in [-0.4, -0.2) is 23.6 Å². The summed E-state index contributed by atoms with van der Waals surface area (Å²) in [7, 11) is 0. The Balaban J connectivity index is 1.66. The van der Waals surface area contributed by atoms with Crippen LogP contribution in [0, 0.1) is 0 Å². The Morgan fingerprint density at radius 1 is 1.35 bits per heavy atom. The summed E-state index contributed by atoms with van der Waals surface area (Å²) in [5, 5.41) is 4.78. The molecule has 0 spiro atoms. The quantitative estimate of drug-likeness (QED) is 0.732. The number of fused-ring (bicyclic) bond motifs is 1. The number of nitrogens with one attached hydrogen (secondary N) is 2. The zero-order valence-electron chi connectivity index (χ0n) is 9.95. The first-order valence-corrected chi connectivity index (χ1v) is 6.37. The van der Waals surface area contributed by atoms with Crippen molar-refractivity contribution in [2.45, 2.75) is 31.3 Å². The van der Waals surface area contributed by atoms with Crippen LogP contribution in [0.5, 0.6) is 0 Å². The largest absolute Gasteiger partial charge is 0.361 e. The van der Waals surface area contributed by atoms with Crippen molar-refractivity contribution >= 4 is 10.9 Å². The summed E-state index contributed by atoms with van der Waals surface area (Å²) in [6.45, 7) is 0.921. The third-order valence-electron chi connectivity index (χ3n) is 3.40. The lowest BCUT2D eigenvalue weighted by molar-refractivity contribution is 0.572. The van der Waals surface area contributed by atoms with E-state index in [1.165, 1.54) is 29.3 Å². The molecule has 1 aromatic heterocycles. The van der Waals surface area contributed by atoms with Crippen molar-refractivity contribution in [2.24, 2.45) is 5.73 Å². The Morgan fingerprint density at radius 3 is 3.00 bits per heavy atom. The average Bonchev–Trinajstić information content (AvgIpc) is 3.10. The predicted octanol–water partition coefficient (Wildman–Crippen LogP) is 1.79. The molecule has 1 heterocycles. The van der Waals surface area contributed by atoms with Gasteiger partial charge in [-0.25, -0.2) is 0 Å². The Labute approximate surface area is 101 Å². The van der Waals surface area contributed by atoms with Gasteiger partial charge in [-0.3, -0.25) is 0 Å². The molecule has 1 fully saturated rings. The fraction of sp³-hybridized carbons (Fsp3) is 0.429. The van der Waals surface area contributed by atoms with Crippen molar-refractivity contribution in [1.82, 2.24) is 10.3 Å². The van der Waals surface area contributed by atoms with Crippen molar-refractivity contribution in [3.63, 3.8) is 0 Å². The average molecular weight is 229 g/mol. The molecule has 17 heavy (non-hydrogen) atoms. The van der Waals surface area contributed by atoms with Crippen LogP contribution in [0.3, 0.4) is 0 Å². The summed E-state index contributed by atoms with van der Waals surface area (Å²) in [6, 6.07) is 9.33. The summed E-state index contributed by atoms with van der Waals surface area (Å²) < 4.78 is 0. The number of rotatable bonds is 5. The molecule has 4 N–H and O–H groups in total. The maximum absolute atomic E-state index is 6.16. The number of hydrogen-bond donors (Lipinski definition) is 3. The molecule has 0 saturated heterocycles. The number of nitrogens with two attached hydrogens (primary N) is 1. The molecule has 3 nitrogen and oxygen atoms in total. The maximum Gasteiger partial charge on any atom is 0.0456 e. The molecule has 1 aromatic carbocycles.